The topological polar surface area (TPSA) is 46.5 Å². The molecule has 0 fully saturated rings. The van der Waals surface area contributed by atoms with Crippen molar-refractivity contribution in [1.29, 1.82) is 0 Å². The minimum atomic E-state index is -0.213. The first-order valence-corrected chi connectivity index (χ1v) is 8.19. The van der Waals surface area contributed by atoms with Crippen LogP contribution in [-0.4, -0.2) is 18.3 Å². The Morgan fingerprint density at radius 3 is 2.92 bits per heavy atom. The number of nitrogens with one attached hydrogen (secondary N) is 1. The fraction of sp³-hybridized carbons (Fsp3) is 0.111. The summed E-state index contributed by atoms with van der Waals surface area (Å²) in [6, 6.07) is 12.6. The van der Waals surface area contributed by atoms with Crippen molar-refractivity contribution in [3.8, 4) is 17.0 Å². The van der Waals surface area contributed by atoms with Gasteiger partial charge in [-0.15, -0.1) is 11.3 Å². The summed E-state index contributed by atoms with van der Waals surface area (Å²) in [4.78, 5) is 4.46. The number of anilines is 1. The van der Waals surface area contributed by atoms with Crippen molar-refractivity contribution in [2.24, 2.45) is 5.10 Å². The van der Waals surface area contributed by atoms with E-state index in [4.69, 9.17) is 4.74 Å². The van der Waals surface area contributed by atoms with E-state index in [9.17, 15) is 4.39 Å². The van der Waals surface area contributed by atoms with Gasteiger partial charge in [-0.2, -0.15) is 5.10 Å². The molecule has 1 heterocycles. The zero-order valence-electron chi connectivity index (χ0n) is 13.3. The molecule has 0 amide bonds. The van der Waals surface area contributed by atoms with Gasteiger partial charge in [0.25, 0.3) is 0 Å². The van der Waals surface area contributed by atoms with Crippen LogP contribution >= 0.6 is 11.3 Å². The molecule has 3 aromatic rings. The van der Waals surface area contributed by atoms with Gasteiger partial charge in [-0.1, -0.05) is 12.1 Å². The smallest absolute Gasteiger partial charge is 0.203 e. The molecule has 0 unspecified atom stereocenters. The number of methoxy groups -OCH3 is 1. The predicted molar refractivity (Wildman–Crippen MR) is 96.5 cm³/mol. The Morgan fingerprint density at radius 2 is 2.12 bits per heavy atom. The third kappa shape index (κ3) is 3.78. The van der Waals surface area contributed by atoms with E-state index in [1.165, 1.54) is 17.4 Å². The summed E-state index contributed by atoms with van der Waals surface area (Å²) in [6.07, 6.45) is 1.70. The Morgan fingerprint density at radius 1 is 1.25 bits per heavy atom. The highest BCUT2D eigenvalue weighted by Gasteiger charge is 2.06. The van der Waals surface area contributed by atoms with Crippen molar-refractivity contribution in [1.82, 2.24) is 4.98 Å². The van der Waals surface area contributed by atoms with Crippen molar-refractivity contribution in [2.75, 3.05) is 12.5 Å². The molecule has 6 heteroatoms. The van der Waals surface area contributed by atoms with Gasteiger partial charge in [0, 0.05) is 10.9 Å². The van der Waals surface area contributed by atoms with Crippen molar-refractivity contribution in [3.63, 3.8) is 0 Å². The minimum absolute atomic E-state index is 0.213. The van der Waals surface area contributed by atoms with Gasteiger partial charge in [-0.05, 0) is 48.4 Å². The van der Waals surface area contributed by atoms with E-state index in [1.54, 1.807) is 32.4 Å². The van der Waals surface area contributed by atoms with Crippen molar-refractivity contribution < 1.29 is 9.13 Å². The van der Waals surface area contributed by atoms with E-state index >= 15 is 0 Å². The van der Waals surface area contributed by atoms with Crippen LogP contribution in [0.25, 0.3) is 11.3 Å². The number of hydrogen-bond donors (Lipinski definition) is 1. The summed E-state index contributed by atoms with van der Waals surface area (Å²) in [5.74, 6) is 0.567. The summed E-state index contributed by atoms with van der Waals surface area (Å²) in [5, 5.41) is 6.77. The van der Waals surface area contributed by atoms with Gasteiger partial charge in [-0.25, -0.2) is 9.37 Å². The van der Waals surface area contributed by atoms with Crippen molar-refractivity contribution in [2.45, 2.75) is 6.92 Å². The number of aromatic nitrogens is 1. The number of nitrogens with zero attached hydrogens (tertiary/aromatic N) is 2. The molecule has 4 nitrogen and oxygen atoms in total. The maximum absolute atomic E-state index is 13.3. The number of thiazole rings is 1. The first-order chi connectivity index (χ1) is 11.7. The molecular formula is C18H16FN3OS. The second-order valence-electron chi connectivity index (χ2n) is 5.15. The molecule has 0 saturated carbocycles. The number of benzene rings is 2. The van der Waals surface area contributed by atoms with Crippen LogP contribution in [0.2, 0.25) is 0 Å². The molecule has 1 aromatic heterocycles. The summed E-state index contributed by atoms with van der Waals surface area (Å²) >= 11 is 1.44. The molecule has 24 heavy (non-hydrogen) atoms. The zero-order chi connectivity index (χ0) is 16.9. The first-order valence-electron chi connectivity index (χ1n) is 7.31. The van der Waals surface area contributed by atoms with E-state index in [0.29, 0.717) is 10.7 Å². The molecule has 2 aromatic carbocycles. The molecule has 0 aliphatic rings. The number of ether oxygens (including phenoxy) is 1. The first kappa shape index (κ1) is 16.1. The van der Waals surface area contributed by atoms with Crippen LogP contribution in [-0.2, 0) is 0 Å². The summed E-state index contributed by atoms with van der Waals surface area (Å²) in [5.41, 5.74) is 6.11. The van der Waals surface area contributed by atoms with E-state index < -0.39 is 0 Å². The van der Waals surface area contributed by atoms with E-state index in [2.05, 4.69) is 15.5 Å². The number of rotatable bonds is 5. The quantitative estimate of drug-likeness (QED) is 0.540. The van der Waals surface area contributed by atoms with Gasteiger partial charge in [0.2, 0.25) is 5.13 Å². The van der Waals surface area contributed by atoms with Gasteiger partial charge in [-0.3, -0.25) is 5.43 Å². The third-order valence-corrected chi connectivity index (χ3v) is 4.17. The normalized spacial score (nSPS) is 11.0. The van der Waals surface area contributed by atoms with Crippen LogP contribution in [0.3, 0.4) is 0 Å². The Bertz CT molecular complexity index is 876. The highest BCUT2D eigenvalue weighted by Crippen LogP contribution is 2.26. The molecule has 0 radical (unpaired) electrons. The van der Waals surface area contributed by atoms with Crippen LogP contribution in [0.5, 0.6) is 5.75 Å². The summed E-state index contributed by atoms with van der Waals surface area (Å²) in [6.45, 7) is 1.74. The van der Waals surface area contributed by atoms with Gasteiger partial charge in [0.05, 0.1) is 19.0 Å². The Hall–Kier alpha value is -2.73. The Kier molecular flexibility index (Phi) is 4.86. The SMILES string of the molecule is COc1cccc(/C=N/Nc2nc(-c3ccc(F)c(C)c3)cs2)c1. The Balaban J connectivity index is 1.69. The number of aryl methyl sites for hydroxylation is 1. The van der Waals surface area contributed by atoms with Crippen LogP contribution in [0.15, 0.2) is 52.9 Å². The largest absolute Gasteiger partial charge is 0.497 e. The van der Waals surface area contributed by atoms with Crippen LogP contribution in [0.4, 0.5) is 9.52 Å². The van der Waals surface area contributed by atoms with E-state index in [1.807, 2.05) is 29.6 Å². The molecule has 0 atom stereocenters. The molecule has 122 valence electrons. The molecule has 0 aliphatic heterocycles. The minimum Gasteiger partial charge on any atom is -0.497 e. The van der Waals surface area contributed by atoms with Gasteiger partial charge in [0.15, 0.2) is 0 Å². The average Bonchev–Trinajstić information content (AvgIpc) is 3.06. The summed E-state index contributed by atoms with van der Waals surface area (Å²) in [7, 11) is 1.63. The lowest BCUT2D eigenvalue weighted by atomic mass is 10.1. The van der Waals surface area contributed by atoms with Crippen LogP contribution in [0.1, 0.15) is 11.1 Å². The lowest BCUT2D eigenvalue weighted by molar-refractivity contribution is 0.415. The molecular weight excluding hydrogens is 325 g/mol. The maximum Gasteiger partial charge on any atom is 0.203 e. The van der Waals surface area contributed by atoms with Crippen LogP contribution < -0.4 is 10.2 Å². The third-order valence-electron chi connectivity index (χ3n) is 3.43. The van der Waals surface area contributed by atoms with Crippen molar-refractivity contribution in [3.05, 3.63) is 64.8 Å². The molecule has 0 bridgehead atoms. The fourth-order valence-electron chi connectivity index (χ4n) is 2.15. The number of halogens is 1. The van der Waals surface area contributed by atoms with Crippen molar-refractivity contribution >= 4 is 22.7 Å². The summed E-state index contributed by atoms with van der Waals surface area (Å²) < 4.78 is 18.5. The Labute approximate surface area is 143 Å². The van der Waals surface area contributed by atoms with Gasteiger partial charge in [0.1, 0.15) is 11.6 Å². The number of hydrogen-bond acceptors (Lipinski definition) is 5. The maximum atomic E-state index is 13.3. The lowest BCUT2D eigenvalue weighted by Crippen LogP contribution is -1.91. The molecule has 0 spiro atoms. The monoisotopic (exact) mass is 341 g/mol. The van der Waals surface area contributed by atoms with E-state index in [0.717, 1.165) is 22.6 Å². The molecule has 0 saturated heterocycles. The van der Waals surface area contributed by atoms with Gasteiger partial charge < -0.3 is 4.74 Å². The lowest BCUT2D eigenvalue weighted by Gasteiger charge is -2.00. The molecule has 1 N–H and O–H groups in total. The average molecular weight is 341 g/mol. The fourth-order valence-corrected chi connectivity index (χ4v) is 2.81. The predicted octanol–water partition coefficient (Wildman–Crippen LogP) is 4.71. The zero-order valence-corrected chi connectivity index (χ0v) is 14.1. The van der Waals surface area contributed by atoms with Crippen LogP contribution in [0, 0.1) is 12.7 Å². The second-order valence-corrected chi connectivity index (χ2v) is 6.01. The molecule has 0 aliphatic carbocycles. The van der Waals surface area contributed by atoms with Gasteiger partial charge >= 0.3 is 0 Å². The number of hydrazone groups is 1. The van der Waals surface area contributed by atoms with E-state index in [-0.39, 0.29) is 5.82 Å². The molecule has 3 rings (SSSR count). The second kappa shape index (κ2) is 7.23. The standard InChI is InChI=1S/C18H16FN3OS/c1-12-8-14(6-7-16(12)19)17-11-24-18(21-17)22-20-10-13-4-3-5-15(9-13)23-2/h3-11H,1-2H3,(H,21,22)/b20-10+. The highest BCUT2D eigenvalue weighted by atomic mass is 32.1. The highest BCUT2D eigenvalue weighted by molar-refractivity contribution is 7.14.